The quantitative estimate of drug-likeness (QED) is 0.643. The highest BCUT2D eigenvalue weighted by Gasteiger charge is 2.30. The molecule has 0 amide bonds. The third kappa shape index (κ3) is 2.79. The normalized spacial score (nSPS) is 15.6. The van der Waals surface area contributed by atoms with Crippen molar-refractivity contribution >= 4 is 11.9 Å². The maximum Gasteiger partial charge on any atom is 0.353 e. The summed E-state index contributed by atoms with van der Waals surface area (Å²) in [6, 6.07) is 13.7. The van der Waals surface area contributed by atoms with Crippen LogP contribution in [-0.2, 0) is 16.0 Å². The molecule has 0 fully saturated rings. The van der Waals surface area contributed by atoms with Gasteiger partial charge in [-0.3, -0.25) is 0 Å². The van der Waals surface area contributed by atoms with Gasteiger partial charge in [-0.2, -0.15) is 0 Å². The van der Waals surface area contributed by atoms with E-state index in [2.05, 4.69) is 4.74 Å². The lowest BCUT2D eigenvalue weighted by molar-refractivity contribution is -0.141. The summed E-state index contributed by atoms with van der Waals surface area (Å²) in [4.78, 5) is 23.5. The fourth-order valence-corrected chi connectivity index (χ4v) is 2.27. The van der Waals surface area contributed by atoms with Crippen molar-refractivity contribution in [2.75, 3.05) is 7.11 Å². The van der Waals surface area contributed by atoms with Gasteiger partial charge in [0.2, 0.25) is 0 Å². The van der Waals surface area contributed by atoms with Crippen LogP contribution in [0.15, 0.2) is 48.5 Å². The number of carbonyl (C=O) groups excluding carboxylic acids is 2. The largest absolute Gasteiger partial charge is 0.478 e. The molecule has 1 aliphatic heterocycles. The van der Waals surface area contributed by atoms with Gasteiger partial charge in [0.05, 0.1) is 12.7 Å². The smallest absolute Gasteiger partial charge is 0.353 e. The highest BCUT2D eigenvalue weighted by Crippen LogP contribution is 2.29. The molecule has 0 saturated heterocycles. The van der Waals surface area contributed by atoms with E-state index < -0.39 is 18.0 Å². The zero-order valence-corrected chi connectivity index (χ0v) is 11.9. The third-order valence-corrected chi connectivity index (χ3v) is 3.40. The van der Waals surface area contributed by atoms with Crippen molar-refractivity contribution in [2.24, 2.45) is 0 Å². The zero-order chi connectivity index (χ0) is 15.5. The van der Waals surface area contributed by atoms with Crippen molar-refractivity contribution in [1.29, 1.82) is 0 Å². The monoisotopic (exact) mass is 298 g/mol. The molecule has 1 atom stereocenters. The predicted octanol–water partition coefficient (Wildman–Crippen LogP) is 2.38. The summed E-state index contributed by atoms with van der Waals surface area (Å²) in [6.07, 6.45) is -0.146. The van der Waals surface area contributed by atoms with Gasteiger partial charge in [-0.15, -0.1) is 0 Å². The number of esters is 2. The molecule has 5 heteroatoms. The minimum absolute atomic E-state index is 0.359. The van der Waals surface area contributed by atoms with E-state index in [0.29, 0.717) is 23.5 Å². The molecule has 0 saturated carbocycles. The summed E-state index contributed by atoms with van der Waals surface area (Å²) < 4.78 is 15.5. The van der Waals surface area contributed by atoms with Gasteiger partial charge in [0.1, 0.15) is 11.5 Å². The van der Waals surface area contributed by atoms with Crippen LogP contribution in [0.2, 0.25) is 0 Å². The number of hydrogen-bond donors (Lipinski definition) is 0. The summed E-state index contributed by atoms with van der Waals surface area (Å²) >= 11 is 0. The van der Waals surface area contributed by atoms with E-state index in [-0.39, 0.29) is 0 Å². The van der Waals surface area contributed by atoms with E-state index in [0.717, 1.165) is 5.56 Å². The van der Waals surface area contributed by atoms with Crippen molar-refractivity contribution in [2.45, 2.75) is 12.5 Å². The molecule has 2 aromatic rings. The molecule has 0 aliphatic carbocycles. The van der Waals surface area contributed by atoms with Gasteiger partial charge < -0.3 is 14.2 Å². The van der Waals surface area contributed by atoms with E-state index in [4.69, 9.17) is 9.47 Å². The third-order valence-electron chi connectivity index (χ3n) is 3.40. The number of fused-ring (bicyclic) bond motifs is 1. The van der Waals surface area contributed by atoms with Crippen LogP contribution in [0.1, 0.15) is 15.9 Å². The topological polar surface area (TPSA) is 61.8 Å². The van der Waals surface area contributed by atoms with Crippen LogP contribution in [0.3, 0.4) is 0 Å². The Bertz CT molecular complexity index is 680. The summed E-state index contributed by atoms with van der Waals surface area (Å²) in [5.74, 6) is 0.178. The molecule has 1 aliphatic rings. The Balaban J connectivity index is 1.64. The fraction of sp³-hybridized carbons (Fsp3) is 0.176. The first-order valence-corrected chi connectivity index (χ1v) is 6.82. The van der Waals surface area contributed by atoms with Crippen LogP contribution in [0, 0.1) is 0 Å². The Morgan fingerprint density at radius 1 is 1.09 bits per heavy atom. The Kier molecular flexibility index (Phi) is 3.78. The van der Waals surface area contributed by atoms with E-state index in [1.807, 2.05) is 24.3 Å². The van der Waals surface area contributed by atoms with Gasteiger partial charge in [-0.25, -0.2) is 9.59 Å². The molecule has 1 heterocycles. The van der Waals surface area contributed by atoms with Crippen LogP contribution in [0.4, 0.5) is 0 Å². The lowest BCUT2D eigenvalue weighted by atomic mass is 10.1. The van der Waals surface area contributed by atoms with E-state index in [1.54, 1.807) is 24.3 Å². The first kappa shape index (κ1) is 14.1. The first-order chi connectivity index (χ1) is 10.7. The van der Waals surface area contributed by atoms with Gasteiger partial charge in [0.15, 0.2) is 6.10 Å². The standard InChI is InChI=1S/C17H14O5/c1-20-16(18)11-6-8-13(9-7-11)21-17(19)15-10-12-4-2-3-5-14(12)22-15/h2-9,15H,10H2,1H3. The average Bonchev–Trinajstić information content (AvgIpc) is 2.99. The second-order valence-electron chi connectivity index (χ2n) is 4.86. The lowest BCUT2D eigenvalue weighted by Crippen LogP contribution is -2.29. The number of ether oxygens (including phenoxy) is 3. The predicted molar refractivity (Wildman–Crippen MR) is 78.0 cm³/mol. The van der Waals surface area contributed by atoms with Gasteiger partial charge in [-0.05, 0) is 35.9 Å². The van der Waals surface area contributed by atoms with Crippen molar-refractivity contribution in [3.05, 3.63) is 59.7 Å². The van der Waals surface area contributed by atoms with Gasteiger partial charge in [0.25, 0.3) is 0 Å². The molecule has 0 aromatic heterocycles. The lowest BCUT2D eigenvalue weighted by Gasteiger charge is -2.10. The summed E-state index contributed by atoms with van der Waals surface area (Å²) in [5, 5.41) is 0. The van der Waals surface area contributed by atoms with Crippen molar-refractivity contribution < 1.29 is 23.8 Å². The number of carbonyl (C=O) groups is 2. The summed E-state index contributed by atoms with van der Waals surface area (Å²) in [5.41, 5.74) is 1.39. The Morgan fingerprint density at radius 3 is 2.50 bits per heavy atom. The average molecular weight is 298 g/mol. The number of rotatable bonds is 3. The molecule has 0 bridgehead atoms. The minimum Gasteiger partial charge on any atom is -0.478 e. The Labute approximate surface area is 127 Å². The van der Waals surface area contributed by atoms with Crippen LogP contribution in [0.25, 0.3) is 0 Å². The van der Waals surface area contributed by atoms with E-state index >= 15 is 0 Å². The maximum absolute atomic E-state index is 12.1. The van der Waals surface area contributed by atoms with E-state index in [9.17, 15) is 9.59 Å². The molecular weight excluding hydrogens is 284 g/mol. The molecule has 0 N–H and O–H groups in total. The van der Waals surface area contributed by atoms with Crippen LogP contribution in [-0.4, -0.2) is 25.2 Å². The second-order valence-corrected chi connectivity index (χ2v) is 4.86. The highest BCUT2D eigenvalue weighted by molar-refractivity contribution is 5.89. The number of hydrogen-bond acceptors (Lipinski definition) is 5. The minimum atomic E-state index is -0.641. The number of para-hydroxylation sites is 1. The molecule has 0 spiro atoms. The van der Waals surface area contributed by atoms with Crippen LogP contribution < -0.4 is 9.47 Å². The Hall–Kier alpha value is -2.82. The fourth-order valence-electron chi connectivity index (χ4n) is 2.27. The summed E-state index contributed by atoms with van der Waals surface area (Å²) in [7, 11) is 1.31. The zero-order valence-electron chi connectivity index (χ0n) is 11.9. The van der Waals surface area contributed by atoms with Crippen molar-refractivity contribution in [3.63, 3.8) is 0 Å². The first-order valence-electron chi connectivity index (χ1n) is 6.82. The number of methoxy groups -OCH3 is 1. The molecule has 1 unspecified atom stereocenters. The van der Waals surface area contributed by atoms with Gasteiger partial charge >= 0.3 is 11.9 Å². The summed E-state index contributed by atoms with van der Waals surface area (Å²) in [6.45, 7) is 0. The molecule has 112 valence electrons. The maximum atomic E-state index is 12.1. The highest BCUT2D eigenvalue weighted by atomic mass is 16.6. The molecule has 2 aromatic carbocycles. The molecular formula is C17H14O5. The van der Waals surface area contributed by atoms with Crippen LogP contribution >= 0.6 is 0 Å². The SMILES string of the molecule is COC(=O)c1ccc(OC(=O)C2Cc3ccccc3O2)cc1. The van der Waals surface area contributed by atoms with Crippen LogP contribution in [0.5, 0.6) is 11.5 Å². The molecule has 5 nitrogen and oxygen atoms in total. The van der Waals surface area contributed by atoms with Gasteiger partial charge in [0, 0.05) is 6.42 Å². The molecule has 22 heavy (non-hydrogen) atoms. The van der Waals surface area contributed by atoms with Gasteiger partial charge in [-0.1, -0.05) is 18.2 Å². The Morgan fingerprint density at radius 2 is 1.82 bits per heavy atom. The number of benzene rings is 2. The molecule has 3 rings (SSSR count). The van der Waals surface area contributed by atoms with Crippen molar-refractivity contribution in [3.8, 4) is 11.5 Å². The van der Waals surface area contributed by atoms with E-state index in [1.165, 1.54) is 7.11 Å². The molecule has 0 radical (unpaired) electrons. The second kappa shape index (κ2) is 5.89. The van der Waals surface area contributed by atoms with Crippen molar-refractivity contribution in [1.82, 2.24) is 0 Å².